The Morgan fingerprint density at radius 2 is 2.12 bits per heavy atom. The average molecular weight is 414 g/mol. The fourth-order valence-corrected chi connectivity index (χ4v) is 3.13. The second kappa shape index (κ2) is 7.62. The zero-order valence-corrected chi connectivity index (χ0v) is 15.9. The van der Waals surface area contributed by atoms with E-state index in [0.717, 1.165) is 15.7 Å². The average Bonchev–Trinajstić information content (AvgIpc) is 3.11. The van der Waals surface area contributed by atoms with Gasteiger partial charge in [0.05, 0.1) is 5.69 Å². The predicted molar refractivity (Wildman–Crippen MR) is 98.5 cm³/mol. The molecule has 0 aliphatic heterocycles. The van der Waals surface area contributed by atoms with E-state index in [2.05, 4.69) is 31.2 Å². The number of nitrogens with zero attached hydrogens (tertiary/aromatic N) is 5. The van der Waals surface area contributed by atoms with Crippen LogP contribution in [0.2, 0.25) is 0 Å². The van der Waals surface area contributed by atoms with E-state index in [9.17, 15) is 10.1 Å². The first-order chi connectivity index (χ1) is 12.6. The minimum atomic E-state index is -0.441. The first-order valence-electron chi connectivity index (χ1n) is 8.18. The third-order valence-electron chi connectivity index (χ3n) is 3.98. The maximum atomic E-state index is 12.6. The molecule has 0 amide bonds. The van der Waals surface area contributed by atoms with Crippen molar-refractivity contribution in [2.75, 3.05) is 0 Å². The van der Waals surface area contributed by atoms with Gasteiger partial charge in [0.15, 0.2) is 0 Å². The molecular formula is C18H16BrN5O2. The minimum absolute atomic E-state index is 0.0194. The quantitative estimate of drug-likeness (QED) is 0.637. The highest BCUT2D eigenvalue weighted by Gasteiger charge is 2.17. The molecule has 0 saturated heterocycles. The zero-order valence-electron chi connectivity index (χ0n) is 14.4. The molecule has 3 rings (SSSR count). The molecule has 2 heterocycles. The van der Waals surface area contributed by atoms with Crippen LogP contribution in [0.4, 0.5) is 0 Å². The van der Waals surface area contributed by atoms with Gasteiger partial charge in [-0.25, -0.2) is 4.68 Å². The molecule has 8 heteroatoms. The monoisotopic (exact) mass is 413 g/mol. The Bertz CT molecular complexity index is 1050. The first-order valence-corrected chi connectivity index (χ1v) is 8.98. The molecule has 0 unspecified atom stereocenters. The van der Waals surface area contributed by atoms with Crippen molar-refractivity contribution in [1.82, 2.24) is 19.9 Å². The molecular weight excluding hydrogens is 398 g/mol. The Labute approximate surface area is 158 Å². The minimum Gasteiger partial charge on any atom is -0.337 e. The van der Waals surface area contributed by atoms with Crippen LogP contribution in [0.1, 0.15) is 36.6 Å². The molecule has 0 bridgehead atoms. The highest BCUT2D eigenvalue weighted by atomic mass is 79.9. The number of hydrogen-bond acceptors (Lipinski definition) is 6. The summed E-state index contributed by atoms with van der Waals surface area (Å²) < 4.78 is 7.38. The van der Waals surface area contributed by atoms with Gasteiger partial charge < -0.3 is 4.52 Å². The van der Waals surface area contributed by atoms with E-state index in [1.165, 1.54) is 4.68 Å². The molecule has 1 aromatic carbocycles. The molecule has 26 heavy (non-hydrogen) atoms. The lowest BCUT2D eigenvalue weighted by atomic mass is 10.0. The number of hydrogen-bond donors (Lipinski definition) is 0. The van der Waals surface area contributed by atoms with Gasteiger partial charge in [-0.1, -0.05) is 47.1 Å². The van der Waals surface area contributed by atoms with Crippen LogP contribution in [0.5, 0.6) is 0 Å². The Hall–Kier alpha value is -2.79. The van der Waals surface area contributed by atoms with Crippen molar-refractivity contribution < 1.29 is 4.52 Å². The van der Waals surface area contributed by atoms with Crippen molar-refractivity contribution in [3.8, 4) is 17.5 Å². The van der Waals surface area contributed by atoms with Gasteiger partial charge in [-0.05, 0) is 30.5 Å². The van der Waals surface area contributed by atoms with E-state index >= 15 is 0 Å². The van der Waals surface area contributed by atoms with Gasteiger partial charge in [0.25, 0.3) is 5.56 Å². The standard InChI is InChI=1S/C18H16BrN5O2/c1-3-13-14(9-20)18(25)24(22-15(13)4-2)10-16-21-17(23-26-16)11-6-5-7-12(19)8-11/h5-8H,3-4,10H2,1-2H3. The van der Waals surface area contributed by atoms with Crippen molar-refractivity contribution in [3.63, 3.8) is 0 Å². The van der Waals surface area contributed by atoms with Crippen LogP contribution in [0.3, 0.4) is 0 Å². The lowest BCUT2D eigenvalue weighted by molar-refractivity contribution is 0.362. The molecule has 2 aromatic heterocycles. The van der Waals surface area contributed by atoms with Crippen LogP contribution < -0.4 is 5.56 Å². The summed E-state index contributed by atoms with van der Waals surface area (Å²) in [5.74, 6) is 0.681. The summed E-state index contributed by atoms with van der Waals surface area (Å²) in [6.45, 7) is 3.87. The number of aromatic nitrogens is 4. The highest BCUT2D eigenvalue weighted by molar-refractivity contribution is 9.10. The molecule has 0 N–H and O–H groups in total. The number of rotatable bonds is 5. The summed E-state index contributed by atoms with van der Waals surface area (Å²) in [4.78, 5) is 16.9. The van der Waals surface area contributed by atoms with Crippen LogP contribution in [-0.4, -0.2) is 19.9 Å². The van der Waals surface area contributed by atoms with E-state index in [-0.39, 0.29) is 18.0 Å². The number of halogens is 1. The largest absolute Gasteiger partial charge is 0.337 e. The normalized spacial score (nSPS) is 10.7. The SMILES string of the molecule is CCc1nn(Cc2nc(-c3cccc(Br)c3)no2)c(=O)c(C#N)c1CC. The lowest BCUT2D eigenvalue weighted by Gasteiger charge is -2.10. The maximum absolute atomic E-state index is 12.6. The molecule has 0 spiro atoms. The smallest absolute Gasteiger partial charge is 0.285 e. The Morgan fingerprint density at radius 3 is 2.77 bits per heavy atom. The summed E-state index contributed by atoms with van der Waals surface area (Å²) in [5.41, 5.74) is 1.92. The molecule has 0 radical (unpaired) electrons. The molecule has 0 aliphatic carbocycles. The van der Waals surface area contributed by atoms with Gasteiger partial charge in [0.1, 0.15) is 18.2 Å². The molecule has 132 valence electrons. The molecule has 0 aliphatic rings. The van der Waals surface area contributed by atoms with E-state index in [4.69, 9.17) is 4.52 Å². The van der Waals surface area contributed by atoms with E-state index in [1.54, 1.807) is 0 Å². The number of nitriles is 1. The van der Waals surface area contributed by atoms with Gasteiger partial charge in [0.2, 0.25) is 11.7 Å². The van der Waals surface area contributed by atoms with Crippen LogP contribution >= 0.6 is 15.9 Å². The molecule has 7 nitrogen and oxygen atoms in total. The molecule has 0 saturated carbocycles. The van der Waals surface area contributed by atoms with Crippen molar-refractivity contribution in [3.05, 3.63) is 61.8 Å². The third-order valence-corrected chi connectivity index (χ3v) is 4.47. The molecule has 0 fully saturated rings. The van der Waals surface area contributed by atoms with Gasteiger partial charge in [-0.15, -0.1) is 0 Å². The van der Waals surface area contributed by atoms with Crippen LogP contribution in [0.15, 0.2) is 38.1 Å². The Kier molecular flexibility index (Phi) is 5.28. The summed E-state index contributed by atoms with van der Waals surface area (Å²) in [6.07, 6.45) is 1.22. The van der Waals surface area contributed by atoms with Crippen LogP contribution in [0.25, 0.3) is 11.4 Å². The molecule has 3 aromatic rings. The van der Waals surface area contributed by atoms with E-state index in [0.29, 0.717) is 24.2 Å². The lowest BCUT2D eigenvalue weighted by Crippen LogP contribution is -2.29. The summed E-state index contributed by atoms with van der Waals surface area (Å²) >= 11 is 3.40. The maximum Gasteiger partial charge on any atom is 0.285 e. The Balaban J connectivity index is 1.98. The fourth-order valence-electron chi connectivity index (χ4n) is 2.73. The third kappa shape index (κ3) is 3.44. The van der Waals surface area contributed by atoms with Crippen molar-refractivity contribution in [2.24, 2.45) is 0 Å². The summed E-state index contributed by atoms with van der Waals surface area (Å²) in [7, 11) is 0. The van der Waals surface area contributed by atoms with Crippen LogP contribution in [-0.2, 0) is 19.4 Å². The van der Waals surface area contributed by atoms with Gasteiger partial charge in [-0.2, -0.15) is 15.3 Å². The number of aryl methyl sites for hydroxylation is 1. The highest BCUT2D eigenvalue weighted by Crippen LogP contribution is 2.20. The predicted octanol–water partition coefficient (Wildman–Crippen LogP) is 3.10. The topological polar surface area (TPSA) is 97.6 Å². The zero-order chi connectivity index (χ0) is 18.7. The van der Waals surface area contributed by atoms with Crippen molar-refractivity contribution in [1.29, 1.82) is 5.26 Å². The second-order valence-electron chi connectivity index (χ2n) is 5.60. The van der Waals surface area contributed by atoms with Crippen LogP contribution in [0, 0.1) is 11.3 Å². The summed E-state index contributed by atoms with van der Waals surface area (Å²) in [5, 5.41) is 17.7. The van der Waals surface area contributed by atoms with Crippen molar-refractivity contribution in [2.45, 2.75) is 33.2 Å². The van der Waals surface area contributed by atoms with E-state index < -0.39 is 5.56 Å². The number of benzene rings is 1. The second-order valence-corrected chi connectivity index (χ2v) is 6.52. The van der Waals surface area contributed by atoms with E-state index in [1.807, 2.05) is 44.2 Å². The summed E-state index contributed by atoms with van der Waals surface area (Å²) in [6, 6.07) is 9.52. The first kappa shape index (κ1) is 18.0. The fraction of sp³-hybridized carbons (Fsp3) is 0.278. The Morgan fingerprint density at radius 1 is 1.31 bits per heavy atom. The van der Waals surface area contributed by atoms with Gasteiger partial charge >= 0.3 is 0 Å². The van der Waals surface area contributed by atoms with Crippen molar-refractivity contribution >= 4 is 15.9 Å². The molecule has 0 atom stereocenters. The van der Waals surface area contributed by atoms with Gasteiger partial charge in [0, 0.05) is 10.0 Å². The van der Waals surface area contributed by atoms with Gasteiger partial charge in [-0.3, -0.25) is 4.79 Å².